The standard InChI is InChI=1S/C20H28BrF3N2O3/c1-19(2,3)29-18(27)25-6-8-28-17-10-14(9-16(21)11-17)12-26-7-4-5-15(13-26)20(22,23)24/h9-11,15H,4-8,12-13H2,1-3H3,(H,25,27). The third-order valence-corrected chi connectivity index (χ3v) is 4.80. The number of amides is 1. The van der Waals surface area contributed by atoms with Gasteiger partial charge in [-0.15, -0.1) is 0 Å². The molecule has 1 aliphatic heterocycles. The molecule has 1 saturated heterocycles. The summed E-state index contributed by atoms with van der Waals surface area (Å²) in [4.78, 5) is 13.4. The lowest BCUT2D eigenvalue weighted by molar-refractivity contribution is -0.187. The number of alkyl halides is 3. The van der Waals surface area contributed by atoms with Gasteiger partial charge in [-0.2, -0.15) is 13.2 Å². The van der Waals surface area contributed by atoms with Crippen molar-refractivity contribution in [2.24, 2.45) is 5.92 Å². The summed E-state index contributed by atoms with van der Waals surface area (Å²) in [5, 5.41) is 2.61. The molecule has 1 unspecified atom stereocenters. The largest absolute Gasteiger partial charge is 0.492 e. The predicted octanol–water partition coefficient (Wildman–Crippen LogP) is 5.13. The molecule has 0 spiro atoms. The van der Waals surface area contributed by atoms with Crippen LogP contribution in [0, 0.1) is 5.92 Å². The van der Waals surface area contributed by atoms with Crippen molar-refractivity contribution in [3.63, 3.8) is 0 Å². The van der Waals surface area contributed by atoms with Crippen LogP contribution in [0.4, 0.5) is 18.0 Å². The summed E-state index contributed by atoms with van der Waals surface area (Å²) in [7, 11) is 0. The normalized spacial score (nSPS) is 18.4. The second-order valence-electron chi connectivity index (χ2n) is 8.19. The van der Waals surface area contributed by atoms with Crippen molar-refractivity contribution in [3.8, 4) is 5.75 Å². The molecule has 0 saturated carbocycles. The molecule has 29 heavy (non-hydrogen) atoms. The number of hydrogen-bond donors (Lipinski definition) is 1. The topological polar surface area (TPSA) is 50.8 Å². The maximum absolute atomic E-state index is 13.0. The highest BCUT2D eigenvalue weighted by molar-refractivity contribution is 9.10. The maximum Gasteiger partial charge on any atom is 0.407 e. The van der Waals surface area contributed by atoms with Crippen molar-refractivity contribution in [2.45, 2.75) is 51.9 Å². The van der Waals surface area contributed by atoms with Gasteiger partial charge in [0.1, 0.15) is 18.0 Å². The summed E-state index contributed by atoms with van der Waals surface area (Å²) in [6.45, 7) is 6.97. The van der Waals surface area contributed by atoms with Crippen LogP contribution in [0.5, 0.6) is 5.75 Å². The number of nitrogens with one attached hydrogen (secondary N) is 1. The quantitative estimate of drug-likeness (QED) is 0.573. The lowest BCUT2D eigenvalue weighted by Gasteiger charge is -2.33. The number of halogens is 4. The SMILES string of the molecule is CC(C)(C)OC(=O)NCCOc1cc(Br)cc(CN2CCCC(C(F)(F)F)C2)c1. The van der Waals surface area contributed by atoms with Crippen LogP contribution >= 0.6 is 15.9 Å². The lowest BCUT2D eigenvalue weighted by Crippen LogP contribution is -2.41. The molecule has 1 heterocycles. The average Bonchev–Trinajstić information content (AvgIpc) is 2.56. The second-order valence-corrected chi connectivity index (χ2v) is 9.10. The molecule has 1 fully saturated rings. The molecule has 1 atom stereocenters. The van der Waals surface area contributed by atoms with Gasteiger partial charge >= 0.3 is 12.3 Å². The average molecular weight is 481 g/mol. The molecule has 1 amide bonds. The van der Waals surface area contributed by atoms with E-state index in [1.807, 2.05) is 17.0 Å². The Morgan fingerprint density at radius 3 is 2.66 bits per heavy atom. The summed E-state index contributed by atoms with van der Waals surface area (Å²) in [6.07, 6.45) is -3.93. The molecule has 0 bridgehead atoms. The Hall–Kier alpha value is -1.48. The smallest absolute Gasteiger partial charge is 0.407 e. The first-order chi connectivity index (χ1) is 13.4. The zero-order valence-corrected chi connectivity index (χ0v) is 18.5. The third-order valence-electron chi connectivity index (χ3n) is 4.34. The van der Waals surface area contributed by atoms with Crippen LogP contribution in [0.1, 0.15) is 39.2 Å². The van der Waals surface area contributed by atoms with E-state index in [9.17, 15) is 18.0 Å². The fourth-order valence-electron chi connectivity index (χ4n) is 3.16. The van der Waals surface area contributed by atoms with Crippen LogP contribution in [0.25, 0.3) is 0 Å². The molecule has 1 aromatic rings. The van der Waals surface area contributed by atoms with Gasteiger partial charge < -0.3 is 14.8 Å². The van der Waals surface area contributed by atoms with Gasteiger partial charge in [0.25, 0.3) is 0 Å². The first-order valence-corrected chi connectivity index (χ1v) is 10.4. The third kappa shape index (κ3) is 8.82. The highest BCUT2D eigenvalue weighted by Gasteiger charge is 2.41. The molecule has 164 valence electrons. The highest BCUT2D eigenvalue weighted by atomic mass is 79.9. The fourth-order valence-corrected chi connectivity index (χ4v) is 3.68. The van der Waals surface area contributed by atoms with E-state index in [2.05, 4.69) is 21.2 Å². The van der Waals surface area contributed by atoms with Crippen molar-refractivity contribution in [2.75, 3.05) is 26.2 Å². The van der Waals surface area contributed by atoms with Crippen molar-refractivity contribution in [3.05, 3.63) is 28.2 Å². The van der Waals surface area contributed by atoms with Crippen LogP contribution in [0.2, 0.25) is 0 Å². The molecular formula is C20H28BrF3N2O3. The minimum atomic E-state index is -4.15. The van der Waals surface area contributed by atoms with Crippen molar-refractivity contribution < 1.29 is 27.4 Å². The van der Waals surface area contributed by atoms with Crippen LogP contribution in [-0.4, -0.2) is 49.0 Å². The number of likely N-dealkylation sites (tertiary alicyclic amines) is 1. The molecule has 5 nitrogen and oxygen atoms in total. The number of benzene rings is 1. The molecular weight excluding hydrogens is 453 g/mol. The summed E-state index contributed by atoms with van der Waals surface area (Å²) in [5.41, 5.74) is 0.307. The summed E-state index contributed by atoms with van der Waals surface area (Å²) < 4.78 is 50.6. The Morgan fingerprint density at radius 2 is 2.00 bits per heavy atom. The van der Waals surface area contributed by atoms with E-state index in [0.29, 0.717) is 25.3 Å². The zero-order valence-electron chi connectivity index (χ0n) is 16.9. The first-order valence-electron chi connectivity index (χ1n) is 9.60. The number of ether oxygens (including phenoxy) is 2. The van der Waals surface area contributed by atoms with Gasteiger partial charge in [0.2, 0.25) is 0 Å². The lowest BCUT2D eigenvalue weighted by atomic mass is 9.97. The molecule has 2 rings (SSSR count). The highest BCUT2D eigenvalue weighted by Crippen LogP contribution is 2.34. The number of piperidine rings is 1. The Morgan fingerprint density at radius 1 is 1.28 bits per heavy atom. The van der Waals surface area contributed by atoms with Gasteiger partial charge in [0.05, 0.1) is 12.5 Å². The Kier molecular flexibility index (Phi) is 8.22. The van der Waals surface area contributed by atoms with E-state index >= 15 is 0 Å². The Bertz CT molecular complexity index is 693. The van der Waals surface area contributed by atoms with Gasteiger partial charge in [-0.3, -0.25) is 4.90 Å². The number of nitrogens with zero attached hydrogens (tertiary/aromatic N) is 1. The summed E-state index contributed by atoms with van der Waals surface area (Å²) in [6, 6.07) is 5.48. The molecule has 0 aromatic heterocycles. The number of alkyl carbamates (subject to hydrolysis) is 1. The van der Waals surface area contributed by atoms with E-state index in [-0.39, 0.29) is 26.1 Å². The fraction of sp³-hybridized carbons (Fsp3) is 0.650. The molecule has 1 aliphatic rings. The van der Waals surface area contributed by atoms with E-state index in [4.69, 9.17) is 9.47 Å². The van der Waals surface area contributed by atoms with Crippen LogP contribution < -0.4 is 10.1 Å². The Balaban J connectivity index is 1.85. The van der Waals surface area contributed by atoms with E-state index in [1.165, 1.54) is 0 Å². The van der Waals surface area contributed by atoms with E-state index < -0.39 is 23.8 Å². The van der Waals surface area contributed by atoms with Crippen LogP contribution in [0.3, 0.4) is 0 Å². The van der Waals surface area contributed by atoms with E-state index in [1.54, 1.807) is 26.8 Å². The van der Waals surface area contributed by atoms with Gasteiger partial charge in [-0.25, -0.2) is 4.79 Å². The van der Waals surface area contributed by atoms with E-state index in [0.717, 1.165) is 10.0 Å². The molecule has 0 radical (unpaired) electrons. The van der Waals surface area contributed by atoms with Crippen molar-refractivity contribution in [1.29, 1.82) is 0 Å². The van der Waals surface area contributed by atoms with Gasteiger partial charge in [-0.05, 0) is 63.9 Å². The minimum Gasteiger partial charge on any atom is -0.492 e. The zero-order chi connectivity index (χ0) is 21.7. The number of carbonyl (C=O) groups is 1. The number of rotatable bonds is 6. The first kappa shape index (κ1) is 23.8. The second kappa shape index (κ2) is 10.0. The maximum atomic E-state index is 13.0. The number of carbonyl (C=O) groups excluding carboxylic acids is 1. The van der Waals surface area contributed by atoms with Crippen LogP contribution in [-0.2, 0) is 11.3 Å². The summed E-state index contributed by atoms with van der Waals surface area (Å²) >= 11 is 3.42. The predicted molar refractivity (Wildman–Crippen MR) is 108 cm³/mol. The monoisotopic (exact) mass is 480 g/mol. The van der Waals surface area contributed by atoms with Gasteiger partial charge in [0, 0.05) is 17.6 Å². The van der Waals surface area contributed by atoms with Crippen molar-refractivity contribution >= 4 is 22.0 Å². The molecule has 9 heteroatoms. The van der Waals surface area contributed by atoms with Gasteiger partial charge in [-0.1, -0.05) is 15.9 Å². The summed E-state index contributed by atoms with van der Waals surface area (Å²) in [5.74, 6) is -0.678. The van der Waals surface area contributed by atoms with Crippen LogP contribution in [0.15, 0.2) is 22.7 Å². The number of hydrogen-bond acceptors (Lipinski definition) is 4. The minimum absolute atomic E-state index is 0.0199. The molecule has 1 N–H and O–H groups in total. The Labute approximate surface area is 178 Å². The molecule has 0 aliphatic carbocycles. The molecule has 1 aromatic carbocycles. The van der Waals surface area contributed by atoms with Crippen molar-refractivity contribution in [1.82, 2.24) is 10.2 Å². The van der Waals surface area contributed by atoms with Gasteiger partial charge in [0.15, 0.2) is 0 Å².